The second-order valence-corrected chi connectivity index (χ2v) is 6.92. The van der Waals surface area contributed by atoms with Gasteiger partial charge in [0.1, 0.15) is 0 Å². The van der Waals surface area contributed by atoms with Gasteiger partial charge in [-0.05, 0) is 46.1 Å². The van der Waals surface area contributed by atoms with E-state index in [2.05, 4.69) is 44.8 Å². The van der Waals surface area contributed by atoms with E-state index in [1.165, 1.54) is 28.5 Å². The lowest BCUT2D eigenvalue weighted by Gasteiger charge is -2.36. The standard InChI is InChI=1S/C15H27N3S/c1-6-16-12(4)14-13(5)17-15(19-14)18-9-10(2)7-8-11(18)3/h10-12,16H,6-9H2,1-5H3. The highest BCUT2D eigenvalue weighted by Gasteiger charge is 2.26. The fourth-order valence-corrected chi connectivity index (χ4v) is 4.08. The number of piperidine rings is 1. The second-order valence-electron chi connectivity index (χ2n) is 5.91. The minimum absolute atomic E-state index is 0.411. The fraction of sp³-hybridized carbons (Fsp3) is 0.800. The van der Waals surface area contributed by atoms with E-state index in [0.29, 0.717) is 12.1 Å². The first kappa shape index (κ1) is 14.8. The zero-order chi connectivity index (χ0) is 14.0. The predicted octanol–water partition coefficient (Wildman–Crippen LogP) is 3.75. The number of aryl methyl sites for hydroxylation is 1. The normalized spacial score (nSPS) is 25.6. The molecule has 0 radical (unpaired) electrons. The number of anilines is 1. The first-order valence-corrected chi connectivity index (χ1v) is 8.31. The van der Waals surface area contributed by atoms with Gasteiger partial charge >= 0.3 is 0 Å². The fourth-order valence-electron chi connectivity index (χ4n) is 2.87. The minimum Gasteiger partial charge on any atom is -0.345 e. The highest BCUT2D eigenvalue weighted by Crippen LogP contribution is 2.34. The average molecular weight is 281 g/mol. The SMILES string of the molecule is CCNC(C)c1sc(N2CC(C)CCC2C)nc1C. The van der Waals surface area contributed by atoms with Gasteiger partial charge in [-0.3, -0.25) is 0 Å². The van der Waals surface area contributed by atoms with Crippen molar-refractivity contribution in [1.82, 2.24) is 10.3 Å². The zero-order valence-electron chi connectivity index (χ0n) is 12.9. The molecule has 0 aliphatic carbocycles. The summed E-state index contributed by atoms with van der Waals surface area (Å²) < 4.78 is 0. The molecule has 0 bridgehead atoms. The van der Waals surface area contributed by atoms with Crippen molar-refractivity contribution in [2.75, 3.05) is 18.0 Å². The van der Waals surface area contributed by atoms with Crippen LogP contribution in [-0.2, 0) is 0 Å². The Labute approximate surface area is 121 Å². The van der Waals surface area contributed by atoms with E-state index >= 15 is 0 Å². The van der Waals surface area contributed by atoms with E-state index in [1.54, 1.807) is 0 Å². The maximum absolute atomic E-state index is 4.83. The second kappa shape index (κ2) is 6.23. The third-order valence-corrected chi connectivity index (χ3v) is 5.47. The van der Waals surface area contributed by atoms with E-state index in [1.807, 2.05) is 11.3 Å². The highest BCUT2D eigenvalue weighted by atomic mass is 32.1. The van der Waals surface area contributed by atoms with Crippen molar-refractivity contribution in [3.05, 3.63) is 10.6 Å². The van der Waals surface area contributed by atoms with Crippen LogP contribution in [0, 0.1) is 12.8 Å². The molecule has 2 rings (SSSR count). The van der Waals surface area contributed by atoms with Crippen molar-refractivity contribution < 1.29 is 0 Å². The largest absolute Gasteiger partial charge is 0.345 e. The summed E-state index contributed by atoms with van der Waals surface area (Å²) in [6.07, 6.45) is 2.64. The molecule has 108 valence electrons. The topological polar surface area (TPSA) is 28.2 Å². The lowest BCUT2D eigenvalue weighted by atomic mass is 9.96. The van der Waals surface area contributed by atoms with Gasteiger partial charge < -0.3 is 10.2 Å². The predicted molar refractivity (Wildman–Crippen MR) is 84.1 cm³/mol. The quantitative estimate of drug-likeness (QED) is 0.911. The summed E-state index contributed by atoms with van der Waals surface area (Å²) in [6.45, 7) is 13.4. The summed E-state index contributed by atoms with van der Waals surface area (Å²) in [6, 6.07) is 1.04. The van der Waals surface area contributed by atoms with E-state index in [-0.39, 0.29) is 0 Å². The van der Waals surface area contributed by atoms with Crippen molar-refractivity contribution in [2.24, 2.45) is 5.92 Å². The van der Waals surface area contributed by atoms with Crippen LogP contribution in [0.1, 0.15) is 57.1 Å². The molecule has 1 aromatic rings. The maximum Gasteiger partial charge on any atom is 0.186 e. The number of thiazole rings is 1. The molecule has 3 unspecified atom stereocenters. The van der Waals surface area contributed by atoms with Crippen LogP contribution in [0.2, 0.25) is 0 Å². The summed E-state index contributed by atoms with van der Waals surface area (Å²) in [5, 5.41) is 4.71. The summed E-state index contributed by atoms with van der Waals surface area (Å²) in [4.78, 5) is 8.73. The molecule has 4 heteroatoms. The number of nitrogens with zero attached hydrogens (tertiary/aromatic N) is 2. The summed E-state index contributed by atoms with van der Waals surface area (Å²) in [5.41, 5.74) is 1.19. The smallest absolute Gasteiger partial charge is 0.186 e. The van der Waals surface area contributed by atoms with E-state index < -0.39 is 0 Å². The molecule has 1 aliphatic heterocycles. The number of aromatic nitrogens is 1. The molecular weight excluding hydrogens is 254 g/mol. The van der Waals surface area contributed by atoms with Crippen LogP contribution >= 0.6 is 11.3 Å². The van der Waals surface area contributed by atoms with Gasteiger partial charge in [0, 0.05) is 23.5 Å². The van der Waals surface area contributed by atoms with Crippen molar-refractivity contribution in [1.29, 1.82) is 0 Å². The Morgan fingerprint density at radius 3 is 2.84 bits per heavy atom. The Morgan fingerprint density at radius 2 is 2.16 bits per heavy atom. The Bertz CT molecular complexity index is 416. The van der Waals surface area contributed by atoms with Gasteiger partial charge in [-0.25, -0.2) is 4.98 Å². The van der Waals surface area contributed by atoms with Gasteiger partial charge in [-0.2, -0.15) is 0 Å². The Morgan fingerprint density at radius 1 is 1.42 bits per heavy atom. The van der Waals surface area contributed by atoms with Gasteiger partial charge in [0.15, 0.2) is 5.13 Å². The third kappa shape index (κ3) is 3.29. The minimum atomic E-state index is 0.411. The van der Waals surface area contributed by atoms with Crippen LogP contribution < -0.4 is 10.2 Å². The molecule has 2 heterocycles. The molecule has 0 aromatic carbocycles. The zero-order valence-corrected chi connectivity index (χ0v) is 13.7. The lowest BCUT2D eigenvalue weighted by Crippen LogP contribution is -2.41. The molecule has 1 saturated heterocycles. The number of hydrogen-bond donors (Lipinski definition) is 1. The first-order chi connectivity index (χ1) is 9.02. The first-order valence-electron chi connectivity index (χ1n) is 7.50. The molecule has 1 N–H and O–H groups in total. The third-order valence-electron chi connectivity index (χ3n) is 4.09. The molecule has 19 heavy (non-hydrogen) atoms. The summed E-state index contributed by atoms with van der Waals surface area (Å²) in [7, 11) is 0. The highest BCUT2D eigenvalue weighted by molar-refractivity contribution is 7.15. The van der Waals surface area contributed by atoms with Gasteiger partial charge in [-0.15, -0.1) is 11.3 Å². The van der Waals surface area contributed by atoms with Crippen LogP contribution in [0.15, 0.2) is 0 Å². The van der Waals surface area contributed by atoms with Crippen molar-refractivity contribution in [3.8, 4) is 0 Å². The van der Waals surface area contributed by atoms with Crippen LogP contribution in [0.5, 0.6) is 0 Å². The van der Waals surface area contributed by atoms with Crippen molar-refractivity contribution in [3.63, 3.8) is 0 Å². The number of hydrogen-bond acceptors (Lipinski definition) is 4. The van der Waals surface area contributed by atoms with E-state index in [9.17, 15) is 0 Å². The van der Waals surface area contributed by atoms with Crippen molar-refractivity contribution >= 4 is 16.5 Å². The molecular formula is C15H27N3S. The van der Waals surface area contributed by atoms with Crippen LogP contribution in [0.3, 0.4) is 0 Å². The molecule has 3 nitrogen and oxygen atoms in total. The van der Waals surface area contributed by atoms with Crippen LogP contribution in [0.25, 0.3) is 0 Å². The molecule has 3 atom stereocenters. The summed E-state index contributed by atoms with van der Waals surface area (Å²) in [5.74, 6) is 0.787. The van der Waals surface area contributed by atoms with Gasteiger partial charge in [-0.1, -0.05) is 13.8 Å². The molecule has 0 amide bonds. The number of nitrogens with one attached hydrogen (secondary N) is 1. The van der Waals surface area contributed by atoms with Crippen LogP contribution in [-0.4, -0.2) is 24.1 Å². The Balaban J connectivity index is 2.18. The van der Waals surface area contributed by atoms with E-state index in [4.69, 9.17) is 4.98 Å². The molecule has 1 aliphatic rings. The van der Waals surface area contributed by atoms with Crippen molar-refractivity contribution in [2.45, 2.75) is 59.5 Å². The lowest BCUT2D eigenvalue weighted by molar-refractivity contribution is 0.390. The molecule has 1 aromatic heterocycles. The Kier molecular flexibility index (Phi) is 4.85. The molecule has 1 fully saturated rings. The monoisotopic (exact) mass is 281 g/mol. The van der Waals surface area contributed by atoms with Gasteiger partial charge in [0.05, 0.1) is 5.69 Å². The summed E-state index contributed by atoms with van der Waals surface area (Å²) >= 11 is 1.87. The van der Waals surface area contributed by atoms with E-state index in [0.717, 1.165) is 19.0 Å². The maximum atomic E-state index is 4.83. The number of rotatable bonds is 4. The van der Waals surface area contributed by atoms with Gasteiger partial charge in [0.2, 0.25) is 0 Å². The average Bonchev–Trinajstić information content (AvgIpc) is 2.74. The van der Waals surface area contributed by atoms with Crippen LogP contribution in [0.4, 0.5) is 5.13 Å². The molecule has 0 spiro atoms. The van der Waals surface area contributed by atoms with Gasteiger partial charge in [0.25, 0.3) is 0 Å². The Hall–Kier alpha value is -0.610. The molecule has 0 saturated carbocycles.